The normalized spacial score (nSPS) is 26.9. The number of sulfonamides is 1. The average molecular weight is 493 g/mol. The molecule has 1 aromatic rings. The third kappa shape index (κ3) is 5.68. The zero-order chi connectivity index (χ0) is 24.3. The van der Waals surface area contributed by atoms with Gasteiger partial charge in [0.1, 0.15) is 16.7 Å². The minimum Gasteiger partial charge on any atom is -0.487 e. The molecule has 1 fully saturated rings. The molecule has 8 heteroatoms. The van der Waals surface area contributed by atoms with E-state index in [0.717, 1.165) is 57.4 Å². The Balaban J connectivity index is 1.64. The van der Waals surface area contributed by atoms with Crippen LogP contribution in [0.4, 0.5) is 0 Å². The number of allylic oxidation sites excluding steroid dienone is 2. The molecule has 0 saturated carbocycles. The van der Waals surface area contributed by atoms with Crippen LogP contribution in [-0.2, 0) is 14.8 Å². The van der Waals surface area contributed by atoms with Crippen molar-refractivity contribution in [1.82, 2.24) is 9.21 Å². The van der Waals surface area contributed by atoms with E-state index in [4.69, 9.17) is 9.47 Å². The molecule has 0 radical (unpaired) electrons. The average Bonchev–Trinajstić information content (AvgIpc) is 3.36. The number of fused-ring (bicyclic) bond motifs is 1. The number of nitrogens with zero attached hydrogens (tertiary/aromatic N) is 2. The summed E-state index contributed by atoms with van der Waals surface area (Å²) in [6.07, 6.45) is 7.42. The molecule has 0 amide bonds. The number of hydrogen-bond acceptors (Lipinski definition) is 6. The third-order valence-corrected chi connectivity index (χ3v) is 9.50. The van der Waals surface area contributed by atoms with E-state index in [1.54, 1.807) is 13.0 Å². The summed E-state index contributed by atoms with van der Waals surface area (Å²) in [5, 5.41) is 9.83. The van der Waals surface area contributed by atoms with Crippen molar-refractivity contribution >= 4 is 15.6 Å². The molecule has 34 heavy (non-hydrogen) atoms. The van der Waals surface area contributed by atoms with Crippen LogP contribution < -0.4 is 4.74 Å². The number of ether oxygens (including phenoxy) is 2. The van der Waals surface area contributed by atoms with Crippen molar-refractivity contribution in [3.8, 4) is 5.75 Å². The molecule has 190 valence electrons. The molecular formula is C26H40N2O5S. The van der Waals surface area contributed by atoms with Gasteiger partial charge in [-0.15, -0.1) is 0 Å². The molecule has 1 aliphatic carbocycles. The maximum absolute atomic E-state index is 13.6. The largest absolute Gasteiger partial charge is 0.487 e. The fourth-order valence-corrected chi connectivity index (χ4v) is 7.15. The van der Waals surface area contributed by atoms with E-state index in [1.807, 2.05) is 19.1 Å². The van der Waals surface area contributed by atoms with Gasteiger partial charge in [-0.25, -0.2) is 8.42 Å². The second-order valence-electron chi connectivity index (χ2n) is 10.3. The quantitative estimate of drug-likeness (QED) is 0.629. The molecule has 7 nitrogen and oxygen atoms in total. The minimum absolute atomic E-state index is 0.0385. The summed E-state index contributed by atoms with van der Waals surface area (Å²) >= 11 is 0. The van der Waals surface area contributed by atoms with Crippen LogP contribution in [0.25, 0.3) is 5.57 Å². The first-order chi connectivity index (χ1) is 16.3. The highest BCUT2D eigenvalue weighted by Gasteiger charge is 2.38. The van der Waals surface area contributed by atoms with Gasteiger partial charge in [-0.2, -0.15) is 4.31 Å². The Morgan fingerprint density at radius 1 is 1.24 bits per heavy atom. The lowest BCUT2D eigenvalue weighted by atomic mass is 9.98. The highest BCUT2D eigenvalue weighted by Crippen LogP contribution is 2.37. The van der Waals surface area contributed by atoms with Gasteiger partial charge in [-0.3, -0.25) is 0 Å². The Hall–Kier alpha value is -1.45. The first kappa shape index (κ1) is 25.6. The van der Waals surface area contributed by atoms with Crippen LogP contribution >= 0.6 is 0 Å². The Bertz CT molecular complexity index is 973. The van der Waals surface area contributed by atoms with E-state index in [-0.39, 0.29) is 23.5 Å². The Morgan fingerprint density at radius 2 is 2.00 bits per heavy atom. The number of likely N-dealkylation sites (N-methyl/N-ethyl adjacent to an activating group) is 1. The van der Waals surface area contributed by atoms with Crippen LogP contribution in [-0.4, -0.2) is 81.4 Å². The highest BCUT2D eigenvalue weighted by atomic mass is 32.2. The predicted molar refractivity (Wildman–Crippen MR) is 133 cm³/mol. The maximum atomic E-state index is 13.6. The van der Waals surface area contributed by atoms with Crippen molar-refractivity contribution in [1.29, 1.82) is 0 Å². The second-order valence-corrected chi connectivity index (χ2v) is 12.2. The molecule has 2 aliphatic heterocycles. The summed E-state index contributed by atoms with van der Waals surface area (Å²) in [5.74, 6) is 1.00. The molecule has 0 unspecified atom stereocenters. The minimum atomic E-state index is -3.80. The first-order valence-corrected chi connectivity index (χ1v) is 14.1. The zero-order valence-electron chi connectivity index (χ0n) is 20.8. The lowest BCUT2D eigenvalue weighted by Crippen LogP contribution is -2.50. The van der Waals surface area contributed by atoms with Gasteiger partial charge in [0.05, 0.1) is 6.61 Å². The molecule has 4 rings (SSSR count). The van der Waals surface area contributed by atoms with E-state index < -0.39 is 16.1 Å². The van der Waals surface area contributed by atoms with Crippen molar-refractivity contribution in [2.75, 3.05) is 46.5 Å². The van der Waals surface area contributed by atoms with E-state index in [2.05, 4.69) is 18.0 Å². The summed E-state index contributed by atoms with van der Waals surface area (Å²) < 4.78 is 40.8. The van der Waals surface area contributed by atoms with Crippen molar-refractivity contribution in [2.45, 2.75) is 63.0 Å². The Kier molecular flexibility index (Phi) is 8.36. The Morgan fingerprint density at radius 3 is 2.68 bits per heavy atom. The fourth-order valence-electron chi connectivity index (χ4n) is 5.33. The number of aliphatic hydroxyl groups is 1. The van der Waals surface area contributed by atoms with E-state index in [1.165, 1.54) is 9.88 Å². The number of hydrogen-bond donors (Lipinski definition) is 1. The lowest BCUT2D eigenvalue weighted by molar-refractivity contribution is 0.0402. The summed E-state index contributed by atoms with van der Waals surface area (Å²) in [7, 11) is -1.68. The van der Waals surface area contributed by atoms with Crippen LogP contribution in [0.1, 0.15) is 51.5 Å². The number of aliphatic hydroxyl groups excluding tert-OH is 1. The standard InChI is InChI=1S/C26H40N2O5S/c1-19-15-28(20(2)18-29)34(30,31)26-9-8-23(22-6-4-5-7-22)14-24(26)33-25(19)17-27(3)16-21-10-12-32-13-11-21/h6,8-9,14,19-21,25,29H,4-5,7,10-13,15-18H2,1-3H3/t19-,20+,25-/m1/s1. The van der Waals surface area contributed by atoms with Gasteiger partial charge in [-0.1, -0.05) is 19.1 Å². The fraction of sp³-hybridized carbons (Fsp3) is 0.692. The van der Waals surface area contributed by atoms with Crippen molar-refractivity contribution in [2.24, 2.45) is 11.8 Å². The summed E-state index contributed by atoms with van der Waals surface area (Å²) in [5.41, 5.74) is 2.29. The van der Waals surface area contributed by atoms with Crippen molar-refractivity contribution < 1.29 is 23.0 Å². The summed E-state index contributed by atoms with van der Waals surface area (Å²) in [6.45, 7) is 7.24. The molecule has 0 bridgehead atoms. The van der Waals surface area contributed by atoms with E-state index in [9.17, 15) is 13.5 Å². The number of benzene rings is 1. The Labute approximate surface area is 204 Å². The van der Waals surface area contributed by atoms with Crippen LogP contribution in [0.3, 0.4) is 0 Å². The molecule has 1 aromatic carbocycles. The van der Waals surface area contributed by atoms with Gasteiger partial charge >= 0.3 is 0 Å². The van der Waals surface area contributed by atoms with Gasteiger partial charge in [-0.05, 0) is 75.3 Å². The summed E-state index contributed by atoms with van der Waals surface area (Å²) in [6, 6.07) is 5.00. The van der Waals surface area contributed by atoms with Gasteiger partial charge in [0.2, 0.25) is 10.0 Å². The maximum Gasteiger partial charge on any atom is 0.247 e. The lowest BCUT2D eigenvalue weighted by Gasteiger charge is -2.38. The summed E-state index contributed by atoms with van der Waals surface area (Å²) in [4.78, 5) is 2.51. The predicted octanol–water partition coefficient (Wildman–Crippen LogP) is 3.38. The molecule has 1 saturated heterocycles. The van der Waals surface area contributed by atoms with E-state index in [0.29, 0.717) is 24.8 Å². The van der Waals surface area contributed by atoms with Gasteiger partial charge < -0.3 is 19.5 Å². The van der Waals surface area contributed by atoms with Crippen LogP contribution in [0.2, 0.25) is 0 Å². The van der Waals surface area contributed by atoms with Gasteiger partial charge in [0.15, 0.2) is 0 Å². The number of rotatable bonds is 7. The van der Waals surface area contributed by atoms with Crippen molar-refractivity contribution in [3.63, 3.8) is 0 Å². The molecular weight excluding hydrogens is 452 g/mol. The third-order valence-electron chi connectivity index (χ3n) is 7.48. The monoisotopic (exact) mass is 492 g/mol. The molecule has 1 N–H and O–H groups in total. The van der Waals surface area contributed by atoms with Crippen LogP contribution in [0, 0.1) is 11.8 Å². The molecule has 0 aromatic heterocycles. The SMILES string of the molecule is C[C@@H]1CN([C@@H](C)CO)S(=O)(=O)c2ccc(C3=CCCC3)cc2O[C@@H]1CN(C)CC1CCOCC1. The highest BCUT2D eigenvalue weighted by molar-refractivity contribution is 7.89. The van der Waals surface area contributed by atoms with Crippen molar-refractivity contribution in [3.05, 3.63) is 29.8 Å². The first-order valence-electron chi connectivity index (χ1n) is 12.7. The van der Waals surface area contributed by atoms with Crippen LogP contribution in [0.5, 0.6) is 5.75 Å². The molecule has 3 atom stereocenters. The smallest absolute Gasteiger partial charge is 0.247 e. The second kappa shape index (κ2) is 11.1. The molecule has 2 heterocycles. The molecule has 3 aliphatic rings. The molecule has 0 spiro atoms. The zero-order valence-corrected chi connectivity index (χ0v) is 21.6. The van der Waals surface area contributed by atoms with Crippen LogP contribution in [0.15, 0.2) is 29.2 Å². The topological polar surface area (TPSA) is 79.3 Å². The van der Waals surface area contributed by atoms with Gasteiger partial charge in [0.25, 0.3) is 0 Å². The van der Waals surface area contributed by atoms with E-state index >= 15 is 0 Å². The van der Waals surface area contributed by atoms with Gasteiger partial charge in [0, 0.05) is 44.8 Å².